The molecule has 0 bridgehead atoms. The Labute approximate surface area is 185 Å². The van der Waals surface area contributed by atoms with Gasteiger partial charge in [-0.25, -0.2) is 15.0 Å². The summed E-state index contributed by atoms with van der Waals surface area (Å²) in [6, 6.07) is 11.4. The fourth-order valence-electron chi connectivity index (χ4n) is 3.92. The van der Waals surface area contributed by atoms with Crippen molar-refractivity contribution in [2.75, 3.05) is 13.2 Å². The van der Waals surface area contributed by atoms with Crippen molar-refractivity contribution >= 4 is 6.02 Å². The van der Waals surface area contributed by atoms with Gasteiger partial charge in [-0.1, -0.05) is 26.8 Å². The van der Waals surface area contributed by atoms with Crippen molar-refractivity contribution < 1.29 is 19.3 Å². The molecule has 0 unspecified atom stereocenters. The van der Waals surface area contributed by atoms with Crippen LogP contribution in [0.2, 0.25) is 0 Å². The van der Waals surface area contributed by atoms with Crippen LogP contribution in [-0.4, -0.2) is 34.3 Å². The lowest BCUT2D eigenvalue weighted by Crippen LogP contribution is -2.31. The Balaban J connectivity index is 1.64. The van der Waals surface area contributed by atoms with Gasteiger partial charge in [0.15, 0.2) is 5.54 Å². The van der Waals surface area contributed by atoms with Crippen LogP contribution in [0.4, 0.5) is 0 Å². The number of aromatic nitrogens is 2. The van der Waals surface area contributed by atoms with Crippen LogP contribution in [0.1, 0.15) is 31.9 Å². The van der Waals surface area contributed by atoms with Gasteiger partial charge in [0.2, 0.25) is 5.88 Å². The Morgan fingerprint density at radius 1 is 1.12 bits per heavy atom. The van der Waals surface area contributed by atoms with E-state index in [4.69, 9.17) is 24.9 Å². The molecule has 0 amide bonds. The lowest BCUT2D eigenvalue weighted by Gasteiger charge is -2.34. The molecular weight excluding hydrogens is 408 g/mol. The van der Waals surface area contributed by atoms with Crippen molar-refractivity contribution in [2.45, 2.75) is 26.3 Å². The molecule has 0 saturated carbocycles. The number of hydrogen-bond acceptors (Lipinski definition) is 8. The first-order valence-electron chi connectivity index (χ1n) is 10.3. The highest BCUT2D eigenvalue weighted by molar-refractivity contribution is 5.78. The second kappa shape index (κ2) is 7.12. The molecule has 3 heterocycles. The molecule has 32 heavy (non-hydrogen) atoms. The van der Waals surface area contributed by atoms with Crippen molar-refractivity contribution in [3.05, 3.63) is 60.0 Å². The first-order valence-corrected chi connectivity index (χ1v) is 10.3. The number of aliphatic imine (C=N–C) groups is 1. The molecule has 0 radical (unpaired) electrons. The standard InChI is InChI=1S/C24H24N4O4/c1-23(2,3)11-30-15-5-7-20-18(9-15)24(12-31-22(25)28-24)17-8-14(4-6-19(17)32-20)16-10-26-13-27-21(16)29/h4-10,13H,11-12H2,1-3H3,(H2,25,28)(H,26,27,29)/t24-/m0/s1. The summed E-state index contributed by atoms with van der Waals surface area (Å²) in [6.45, 7) is 7.14. The first kappa shape index (κ1) is 20.1. The maximum Gasteiger partial charge on any atom is 0.283 e. The topological polar surface area (TPSA) is 112 Å². The fourth-order valence-corrected chi connectivity index (χ4v) is 3.92. The van der Waals surface area contributed by atoms with E-state index < -0.39 is 5.54 Å². The van der Waals surface area contributed by atoms with Gasteiger partial charge < -0.3 is 25.1 Å². The van der Waals surface area contributed by atoms with Gasteiger partial charge in [0.25, 0.3) is 6.02 Å². The van der Waals surface area contributed by atoms with E-state index >= 15 is 0 Å². The van der Waals surface area contributed by atoms with E-state index in [1.54, 1.807) is 6.20 Å². The molecule has 164 valence electrons. The van der Waals surface area contributed by atoms with E-state index in [2.05, 4.69) is 30.7 Å². The summed E-state index contributed by atoms with van der Waals surface area (Å²) in [6.07, 6.45) is 2.86. The highest BCUT2D eigenvalue weighted by Gasteiger charge is 2.47. The zero-order valence-corrected chi connectivity index (χ0v) is 18.1. The Bertz CT molecular complexity index is 1230. The second-order valence-corrected chi connectivity index (χ2v) is 9.18. The molecule has 0 aliphatic carbocycles. The number of nitrogens with two attached hydrogens (primary N) is 1. The number of hydrogen-bond donors (Lipinski definition) is 2. The first-order chi connectivity index (χ1) is 15.2. The third-order valence-electron chi connectivity index (χ3n) is 5.45. The molecule has 3 aromatic rings. The van der Waals surface area contributed by atoms with E-state index in [-0.39, 0.29) is 23.9 Å². The molecule has 3 N–H and O–H groups in total. The summed E-state index contributed by atoms with van der Waals surface area (Å²) >= 11 is 0. The Kier molecular flexibility index (Phi) is 4.47. The zero-order chi connectivity index (χ0) is 22.5. The van der Waals surface area contributed by atoms with Crippen molar-refractivity contribution in [1.82, 2.24) is 9.97 Å². The van der Waals surface area contributed by atoms with Crippen LogP contribution in [0.15, 0.2) is 53.9 Å². The number of nitrogens with zero attached hydrogens (tertiary/aromatic N) is 3. The predicted octanol–water partition coefficient (Wildman–Crippen LogP) is 3.97. The smallest absolute Gasteiger partial charge is 0.283 e. The molecule has 8 heteroatoms. The van der Waals surface area contributed by atoms with Crippen molar-refractivity contribution in [1.29, 1.82) is 0 Å². The Morgan fingerprint density at radius 3 is 2.56 bits per heavy atom. The van der Waals surface area contributed by atoms with Crippen LogP contribution in [0.5, 0.6) is 23.1 Å². The normalized spacial score (nSPS) is 18.9. The summed E-state index contributed by atoms with van der Waals surface area (Å²) in [5.74, 6) is 1.93. The van der Waals surface area contributed by atoms with Gasteiger partial charge in [-0.2, -0.15) is 0 Å². The number of ether oxygens (including phenoxy) is 3. The number of amidine groups is 1. The van der Waals surface area contributed by atoms with Crippen LogP contribution in [0, 0.1) is 5.41 Å². The number of fused-ring (bicyclic) bond motifs is 4. The van der Waals surface area contributed by atoms with Gasteiger partial charge in [0, 0.05) is 17.3 Å². The highest BCUT2D eigenvalue weighted by Crippen LogP contribution is 2.52. The van der Waals surface area contributed by atoms with Gasteiger partial charge in [-0.3, -0.25) is 0 Å². The maximum atomic E-state index is 10.2. The minimum atomic E-state index is -0.893. The van der Waals surface area contributed by atoms with Gasteiger partial charge in [0.1, 0.15) is 30.2 Å². The third-order valence-corrected chi connectivity index (χ3v) is 5.45. The Hall–Kier alpha value is -3.81. The average Bonchev–Trinajstić information content (AvgIpc) is 3.15. The fraction of sp³-hybridized carbons (Fsp3) is 0.292. The van der Waals surface area contributed by atoms with Crippen LogP contribution in [-0.2, 0) is 10.3 Å². The van der Waals surface area contributed by atoms with E-state index in [9.17, 15) is 5.11 Å². The van der Waals surface area contributed by atoms with E-state index in [0.717, 1.165) is 22.4 Å². The summed E-state index contributed by atoms with van der Waals surface area (Å²) in [4.78, 5) is 12.6. The molecule has 2 aliphatic rings. The minimum absolute atomic E-state index is 0.0183. The summed E-state index contributed by atoms with van der Waals surface area (Å²) in [5.41, 5.74) is 7.93. The van der Waals surface area contributed by atoms with Crippen LogP contribution in [0.3, 0.4) is 0 Å². The summed E-state index contributed by atoms with van der Waals surface area (Å²) in [7, 11) is 0. The lowest BCUT2D eigenvalue weighted by molar-refractivity contribution is 0.197. The van der Waals surface area contributed by atoms with Crippen LogP contribution < -0.4 is 15.2 Å². The molecule has 2 aromatic carbocycles. The Morgan fingerprint density at radius 2 is 1.88 bits per heavy atom. The largest absolute Gasteiger partial charge is 0.493 e. The van der Waals surface area contributed by atoms with E-state index in [1.165, 1.54) is 6.33 Å². The molecule has 1 spiro atoms. The zero-order valence-electron chi connectivity index (χ0n) is 18.1. The maximum absolute atomic E-state index is 10.2. The molecule has 0 saturated heterocycles. The lowest BCUT2D eigenvalue weighted by atomic mass is 9.80. The monoisotopic (exact) mass is 432 g/mol. The number of rotatable bonds is 3. The summed E-state index contributed by atoms with van der Waals surface area (Å²) in [5, 5.41) is 10.2. The SMILES string of the molecule is CC(C)(C)COc1ccc2c(c1)[C@]1(COC(N)=N1)c1cc(-c3cncnc3O)ccc1O2. The number of benzene rings is 2. The van der Waals surface area contributed by atoms with Gasteiger partial charge in [0.05, 0.1) is 12.2 Å². The van der Waals surface area contributed by atoms with E-state index in [1.807, 2.05) is 36.4 Å². The van der Waals surface area contributed by atoms with Crippen LogP contribution >= 0.6 is 0 Å². The third kappa shape index (κ3) is 3.37. The molecule has 2 aliphatic heterocycles. The minimum Gasteiger partial charge on any atom is -0.493 e. The molecular formula is C24H24N4O4. The number of aromatic hydroxyl groups is 1. The van der Waals surface area contributed by atoms with Crippen LogP contribution in [0.25, 0.3) is 11.1 Å². The molecule has 5 rings (SSSR count). The molecule has 0 fully saturated rings. The molecule has 8 nitrogen and oxygen atoms in total. The van der Waals surface area contributed by atoms with Crippen molar-refractivity contribution in [3.63, 3.8) is 0 Å². The van der Waals surface area contributed by atoms with Crippen molar-refractivity contribution in [3.8, 4) is 34.3 Å². The summed E-state index contributed by atoms with van der Waals surface area (Å²) < 4.78 is 17.9. The predicted molar refractivity (Wildman–Crippen MR) is 119 cm³/mol. The van der Waals surface area contributed by atoms with Gasteiger partial charge in [-0.15, -0.1) is 0 Å². The second-order valence-electron chi connectivity index (χ2n) is 9.18. The highest BCUT2D eigenvalue weighted by atomic mass is 16.5. The average molecular weight is 432 g/mol. The van der Waals surface area contributed by atoms with E-state index in [0.29, 0.717) is 23.7 Å². The molecule has 1 atom stereocenters. The van der Waals surface area contributed by atoms with Gasteiger partial charge in [-0.05, 0) is 41.3 Å². The van der Waals surface area contributed by atoms with Crippen molar-refractivity contribution in [2.24, 2.45) is 16.1 Å². The van der Waals surface area contributed by atoms with Gasteiger partial charge >= 0.3 is 0 Å². The molecule has 1 aromatic heterocycles. The quantitative estimate of drug-likeness (QED) is 0.644.